The van der Waals surface area contributed by atoms with E-state index in [-0.39, 0.29) is 122 Å². The van der Waals surface area contributed by atoms with Gasteiger partial charge in [-0.3, -0.25) is 0 Å². The second-order valence-electron chi connectivity index (χ2n) is 2.01. The minimum Gasteiger partial charge on any atom is -0.790 e. The normalized spacial score (nSPS) is 9.47. The summed E-state index contributed by atoms with van der Waals surface area (Å²) in [6, 6.07) is 0. The minimum absolute atomic E-state index is 0. The Morgan fingerprint density at radius 1 is 1.33 bits per heavy atom. The molecule has 0 aliphatic heterocycles. The third-order valence-corrected chi connectivity index (χ3v) is 1.45. The zero-order chi connectivity index (χ0) is 10.3. The van der Waals surface area contributed by atoms with E-state index in [9.17, 15) is 19.1 Å². The predicted molar refractivity (Wildman–Crippen MR) is 39.3 cm³/mol. The maximum absolute atomic E-state index is 10.4. The van der Waals surface area contributed by atoms with Crippen LogP contribution in [0.5, 0.6) is 0 Å². The predicted octanol–water partition coefficient (Wildman–Crippen LogP) is -7.04. The molecule has 0 aromatic carbocycles. The van der Waals surface area contributed by atoms with Crippen LogP contribution in [0.2, 0.25) is 0 Å². The van der Waals surface area contributed by atoms with Gasteiger partial charge in [0.2, 0.25) is 0 Å². The van der Waals surface area contributed by atoms with E-state index in [2.05, 4.69) is 15.8 Å². The summed E-state index contributed by atoms with van der Waals surface area (Å²) in [5.74, 6) is -0.604. The van der Waals surface area contributed by atoms with Crippen LogP contribution < -0.4 is 113 Å². The van der Waals surface area contributed by atoms with Gasteiger partial charge >= 0.3 is 109 Å². The largest absolute Gasteiger partial charge is 1.00 e. The van der Waals surface area contributed by atoms with Crippen molar-refractivity contribution in [2.45, 2.75) is 6.42 Å². The number of phosphoric ester groups is 1. The molecule has 0 saturated carbocycles. The van der Waals surface area contributed by atoms with Crippen LogP contribution >= 0.6 is 7.82 Å². The van der Waals surface area contributed by atoms with Gasteiger partial charge < -0.3 is 23.6 Å². The fourth-order valence-corrected chi connectivity index (χ4v) is 0.820. The Bertz CT molecular complexity index is 228. The SMILES string of the molecule is C=CC(=O)OCCCOP(=O)([O-])[O-].[K+].[K+]. The molecule has 0 heterocycles. The number of phosphoric acid groups is 1. The first-order valence-corrected chi connectivity index (χ1v) is 4.87. The first-order chi connectivity index (χ1) is 5.95. The summed E-state index contributed by atoms with van der Waals surface area (Å²) >= 11 is 0. The van der Waals surface area contributed by atoms with E-state index >= 15 is 0 Å². The Balaban J connectivity index is -0.000000720. The van der Waals surface area contributed by atoms with E-state index in [0.29, 0.717) is 0 Å². The average molecular weight is 286 g/mol. The van der Waals surface area contributed by atoms with Crippen LogP contribution in [0, 0.1) is 0 Å². The van der Waals surface area contributed by atoms with Crippen LogP contribution in [0.15, 0.2) is 12.7 Å². The summed E-state index contributed by atoms with van der Waals surface area (Å²) in [5, 5.41) is 0. The second kappa shape index (κ2) is 13.0. The molecule has 0 aliphatic carbocycles. The van der Waals surface area contributed by atoms with Crippen LogP contribution in [0.3, 0.4) is 0 Å². The number of hydrogen-bond donors (Lipinski definition) is 0. The van der Waals surface area contributed by atoms with Crippen molar-refractivity contribution in [3.8, 4) is 0 Å². The summed E-state index contributed by atoms with van der Waals surface area (Å²) < 4.78 is 18.3. The van der Waals surface area contributed by atoms with Crippen molar-refractivity contribution in [2.75, 3.05) is 13.2 Å². The summed E-state index contributed by atoms with van der Waals surface area (Å²) in [6.07, 6.45) is 1.13. The first kappa shape index (κ1) is 22.7. The Hall–Kier alpha value is 2.59. The number of carbonyl (C=O) groups excluding carboxylic acids is 1. The van der Waals surface area contributed by atoms with E-state index in [4.69, 9.17) is 0 Å². The molecule has 6 nitrogen and oxygen atoms in total. The molecular weight excluding hydrogens is 277 g/mol. The van der Waals surface area contributed by atoms with Crippen molar-refractivity contribution in [1.29, 1.82) is 0 Å². The van der Waals surface area contributed by atoms with Crippen molar-refractivity contribution >= 4 is 13.8 Å². The molecular formula is C6H9K2O6P. The summed E-state index contributed by atoms with van der Waals surface area (Å²) in [4.78, 5) is 30.2. The molecule has 0 aliphatic rings. The summed E-state index contributed by atoms with van der Waals surface area (Å²) in [5.41, 5.74) is 0. The Labute approximate surface area is 173 Å². The molecule has 0 spiro atoms. The van der Waals surface area contributed by atoms with E-state index < -0.39 is 13.8 Å². The Morgan fingerprint density at radius 3 is 2.27 bits per heavy atom. The van der Waals surface area contributed by atoms with Gasteiger partial charge in [0.15, 0.2) is 0 Å². The topological polar surface area (TPSA) is 98.7 Å². The van der Waals surface area contributed by atoms with Crippen LogP contribution in [0.25, 0.3) is 0 Å². The molecule has 0 aromatic rings. The fourth-order valence-electron chi connectivity index (χ4n) is 0.467. The van der Waals surface area contributed by atoms with Crippen LogP contribution in [-0.2, 0) is 18.6 Å². The van der Waals surface area contributed by atoms with Crippen LogP contribution in [0.1, 0.15) is 6.42 Å². The molecule has 15 heavy (non-hydrogen) atoms. The second-order valence-corrected chi connectivity index (χ2v) is 3.16. The minimum atomic E-state index is -4.90. The van der Waals surface area contributed by atoms with Crippen molar-refractivity contribution in [3.63, 3.8) is 0 Å². The molecule has 0 amide bonds. The van der Waals surface area contributed by atoms with Gasteiger partial charge in [0.25, 0.3) is 0 Å². The van der Waals surface area contributed by atoms with E-state index in [1.807, 2.05) is 0 Å². The van der Waals surface area contributed by atoms with E-state index in [0.717, 1.165) is 6.08 Å². The molecule has 0 fully saturated rings. The van der Waals surface area contributed by atoms with Crippen molar-refractivity contribution < 1.29 is 131 Å². The maximum atomic E-state index is 10.4. The number of esters is 1. The molecule has 76 valence electrons. The number of hydrogen-bond acceptors (Lipinski definition) is 6. The monoisotopic (exact) mass is 286 g/mol. The first-order valence-electron chi connectivity index (χ1n) is 3.41. The molecule has 0 unspecified atom stereocenters. The van der Waals surface area contributed by atoms with Gasteiger partial charge in [-0.2, -0.15) is 0 Å². The van der Waals surface area contributed by atoms with Gasteiger partial charge in [0, 0.05) is 12.5 Å². The van der Waals surface area contributed by atoms with Gasteiger partial charge in [-0.1, -0.05) is 6.58 Å². The third-order valence-electron chi connectivity index (χ3n) is 0.949. The number of rotatable bonds is 6. The Morgan fingerprint density at radius 2 is 1.87 bits per heavy atom. The molecule has 0 saturated heterocycles. The number of carbonyl (C=O) groups is 1. The zero-order valence-corrected chi connectivity index (χ0v) is 15.9. The summed E-state index contributed by atoms with van der Waals surface area (Å²) in [6.45, 7) is 2.86. The number of ether oxygens (including phenoxy) is 1. The van der Waals surface area contributed by atoms with Crippen molar-refractivity contribution in [2.24, 2.45) is 0 Å². The molecule has 0 aromatic heterocycles. The third kappa shape index (κ3) is 19.1. The smallest absolute Gasteiger partial charge is 0.790 e. The van der Waals surface area contributed by atoms with E-state index in [1.54, 1.807) is 0 Å². The maximum Gasteiger partial charge on any atom is 1.00 e. The van der Waals surface area contributed by atoms with Crippen LogP contribution in [0.4, 0.5) is 0 Å². The van der Waals surface area contributed by atoms with E-state index in [1.165, 1.54) is 0 Å². The molecule has 0 N–H and O–H groups in total. The van der Waals surface area contributed by atoms with Crippen LogP contribution in [-0.4, -0.2) is 19.2 Å². The molecule has 0 atom stereocenters. The molecule has 9 heteroatoms. The average Bonchev–Trinajstić information content (AvgIpc) is 2.01. The molecule has 0 rings (SSSR count). The van der Waals surface area contributed by atoms with Gasteiger partial charge in [0.1, 0.15) is 0 Å². The molecule has 0 bridgehead atoms. The van der Waals surface area contributed by atoms with Gasteiger partial charge in [-0.05, 0) is 0 Å². The molecule has 0 radical (unpaired) electrons. The Kier molecular flexibility index (Phi) is 19.8. The van der Waals surface area contributed by atoms with Crippen molar-refractivity contribution in [3.05, 3.63) is 12.7 Å². The van der Waals surface area contributed by atoms with Gasteiger partial charge in [0.05, 0.1) is 21.0 Å². The fraction of sp³-hybridized carbons (Fsp3) is 0.500. The standard InChI is InChI=1S/C6H11O6P.2K/c1-2-6(7)11-4-3-5-12-13(8,9)10;;/h2H,1,3-5H2,(H2,8,9,10);;/q;2*+1/p-2. The quantitative estimate of drug-likeness (QED) is 0.158. The van der Waals surface area contributed by atoms with Gasteiger partial charge in [-0.25, -0.2) is 4.79 Å². The van der Waals surface area contributed by atoms with Gasteiger partial charge in [-0.15, -0.1) is 0 Å². The zero-order valence-electron chi connectivity index (χ0n) is 8.80. The summed E-state index contributed by atoms with van der Waals surface area (Å²) in [7, 11) is -4.90. The van der Waals surface area contributed by atoms with Crippen molar-refractivity contribution in [1.82, 2.24) is 0 Å².